The van der Waals surface area contributed by atoms with Crippen molar-refractivity contribution in [1.29, 1.82) is 0 Å². The molecule has 0 bridgehead atoms. The number of unbranched alkanes of at least 4 members (excludes halogenated alkanes) is 3. The van der Waals surface area contributed by atoms with Crippen molar-refractivity contribution < 1.29 is 32.6 Å². The van der Waals surface area contributed by atoms with E-state index in [-0.39, 0.29) is 24.8 Å². The summed E-state index contributed by atoms with van der Waals surface area (Å²) in [5.41, 5.74) is 3.07. The molecular weight excluding hydrogens is 507 g/mol. The highest BCUT2D eigenvalue weighted by atomic mass is 19.4. The lowest BCUT2D eigenvalue weighted by molar-refractivity contribution is -0.138. The lowest BCUT2D eigenvalue weighted by Gasteiger charge is -2.21. The van der Waals surface area contributed by atoms with Crippen LogP contribution in [0.4, 0.5) is 13.2 Å². The second-order valence-corrected chi connectivity index (χ2v) is 9.46. The van der Waals surface area contributed by atoms with Gasteiger partial charge in [0.2, 0.25) is 0 Å². The third-order valence-electron chi connectivity index (χ3n) is 6.70. The molecule has 0 aromatic heterocycles. The predicted octanol–water partition coefficient (Wildman–Crippen LogP) is 7.69. The van der Waals surface area contributed by atoms with Gasteiger partial charge in [0.15, 0.2) is 0 Å². The number of ether oxygens (including phenoxy) is 1. The first-order chi connectivity index (χ1) is 18.6. The number of amides is 1. The number of halogens is 3. The van der Waals surface area contributed by atoms with Crippen molar-refractivity contribution in [3.8, 4) is 16.9 Å². The van der Waals surface area contributed by atoms with E-state index in [1.165, 1.54) is 19.2 Å². The van der Waals surface area contributed by atoms with Crippen molar-refractivity contribution in [2.45, 2.75) is 57.5 Å². The van der Waals surface area contributed by atoms with E-state index in [2.05, 4.69) is 12.2 Å². The molecule has 3 rings (SSSR count). The number of rotatable bonds is 13. The van der Waals surface area contributed by atoms with Gasteiger partial charge in [-0.05, 0) is 59.5 Å². The van der Waals surface area contributed by atoms with Gasteiger partial charge in [0.25, 0.3) is 5.91 Å². The molecule has 1 atom stereocenters. The largest absolute Gasteiger partial charge is 0.496 e. The summed E-state index contributed by atoms with van der Waals surface area (Å²) in [5.74, 6) is -0.746. The molecule has 0 aliphatic carbocycles. The molecule has 5 nitrogen and oxygen atoms in total. The fraction of sp³-hybridized carbons (Fsp3) is 0.355. The Morgan fingerprint density at radius 2 is 1.59 bits per heavy atom. The monoisotopic (exact) mass is 541 g/mol. The maximum Gasteiger partial charge on any atom is 0.416 e. The van der Waals surface area contributed by atoms with Crippen molar-refractivity contribution in [3.05, 3.63) is 89.0 Å². The Labute approximate surface area is 227 Å². The van der Waals surface area contributed by atoms with Crippen LogP contribution in [-0.4, -0.2) is 30.6 Å². The number of hydrogen-bond donors (Lipinski definition) is 2. The highest BCUT2D eigenvalue weighted by molar-refractivity contribution is 5.94. The molecule has 0 saturated heterocycles. The minimum absolute atomic E-state index is 0.00471. The first-order valence-electron chi connectivity index (χ1n) is 13.1. The van der Waals surface area contributed by atoms with E-state index in [9.17, 15) is 22.8 Å². The van der Waals surface area contributed by atoms with Gasteiger partial charge in [0.05, 0.1) is 19.1 Å². The zero-order chi connectivity index (χ0) is 28.4. The lowest BCUT2D eigenvalue weighted by atomic mass is 9.85. The van der Waals surface area contributed by atoms with Gasteiger partial charge < -0.3 is 15.2 Å². The Hall–Kier alpha value is -3.81. The normalized spacial score (nSPS) is 12.1. The SMILES string of the molecule is CCCCCC[C@H](c1ccc(C(=O)NCCC(=O)O)cc1)c1ccc(OC)c(-c2ccc(C(F)(F)F)cc2)c1. The fourth-order valence-corrected chi connectivity index (χ4v) is 4.56. The van der Waals surface area contributed by atoms with Crippen molar-refractivity contribution in [2.75, 3.05) is 13.7 Å². The van der Waals surface area contributed by atoms with E-state index in [0.717, 1.165) is 55.4 Å². The lowest BCUT2D eigenvalue weighted by Crippen LogP contribution is -2.25. The van der Waals surface area contributed by atoms with E-state index in [0.29, 0.717) is 22.4 Å². The molecule has 3 aromatic rings. The molecule has 0 fully saturated rings. The first kappa shape index (κ1) is 29.7. The van der Waals surface area contributed by atoms with E-state index in [4.69, 9.17) is 9.84 Å². The molecule has 0 spiro atoms. The minimum atomic E-state index is -4.41. The van der Waals surface area contributed by atoms with Gasteiger partial charge in [0, 0.05) is 23.6 Å². The van der Waals surface area contributed by atoms with Crippen molar-refractivity contribution in [2.24, 2.45) is 0 Å². The van der Waals surface area contributed by atoms with Crippen LogP contribution in [0.1, 0.15) is 78.4 Å². The Morgan fingerprint density at radius 1 is 0.923 bits per heavy atom. The zero-order valence-corrected chi connectivity index (χ0v) is 22.2. The summed E-state index contributed by atoms with van der Waals surface area (Å²) >= 11 is 0. The molecule has 2 N–H and O–H groups in total. The van der Waals surface area contributed by atoms with Gasteiger partial charge in [-0.15, -0.1) is 0 Å². The van der Waals surface area contributed by atoms with Gasteiger partial charge in [-0.2, -0.15) is 13.2 Å². The minimum Gasteiger partial charge on any atom is -0.496 e. The zero-order valence-electron chi connectivity index (χ0n) is 22.2. The molecule has 0 saturated carbocycles. The molecule has 0 aliphatic rings. The molecule has 0 radical (unpaired) electrons. The number of carboxylic acid groups (broad SMARTS) is 1. The van der Waals surface area contributed by atoms with Crippen LogP contribution in [0.3, 0.4) is 0 Å². The van der Waals surface area contributed by atoms with Crippen molar-refractivity contribution in [1.82, 2.24) is 5.32 Å². The summed E-state index contributed by atoms with van der Waals surface area (Å²) in [6.45, 7) is 2.20. The number of carbonyl (C=O) groups excluding carboxylic acids is 1. The van der Waals surface area contributed by atoms with Crippen molar-refractivity contribution >= 4 is 11.9 Å². The summed E-state index contributed by atoms with van der Waals surface area (Å²) in [4.78, 5) is 23.1. The number of methoxy groups -OCH3 is 1. The first-order valence-corrected chi connectivity index (χ1v) is 13.1. The summed E-state index contributed by atoms with van der Waals surface area (Å²) in [5, 5.41) is 11.4. The van der Waals surface area contributed by atoms with E-state index in [1.54, 1.807) is 12.1 Å². The number of hydrogen-bond acceptors (Lipinski definition) is 3. The average molecular weight is 542 g/mol. The number of benzene rings is 3. The molecule has 1 amide bonds. The van der Waals surface area contributed by atoms with Crippen molar-refractivity contribution in [3.63, 3.8) is 0 Å². The van der Waals surface area contributed by atoms with E-state index < -0.39 is 17.7 Å². The number of aliphatic carboxylic acids is 1. The summed E-state index contributed by atoms with van der Waals surface area (Å²) in [7, 11) is 1.53. The van der Waals surface area contributed by atoms with Crippen LogP contribution in [0.5, 0.6) is 5.75 Å². The highest BCUT2D eigenvalue weighted by Gasteiger charge is 2.30. The second-order valence-electron chi connectivity index (χ2n) is 9.46. The topological polar surface area (TPSA) is 75.6 Å². The predicted molar refractivity (Wildman–Crippen MR) is 145 cm³/mol. The Kier molecular flexibility index (Phi) is 10.5. The number of nitrogens with one attached hydrogen (secondary N) is 1. The number of carbonyl (C=O) groups is 2. The maximum atomic E-state index is 13.1. The molecule has 3 aromatic carbocycles. The van der Waals surface area contributed by atoms with Crippen LogP contribution >= 0.6 is 0 Å². The van der Waals surface area contributed by atoms with E-state index >= 15 is 0 Å². The van der Waals surface area contributed by atoms with Crippen LogP contribution in [0.25, 0.3) is 11.1 Å². The third kappa shape index (κ3) is 8.34. The molecule has 208 valence electrons. The fourth-order valence-electron chi connectivity index (χ4n) is 4.56. The van der Waals surface area contributed by atoms with Crippen LogP contribution in [0.15, 0.2) is 66.7 Å². The number of alkyl halides is 3. The average Bonchev–Trinajstić information content (AvgIpc) is 2.92. The summed E-state index contributed by atoms with van der Waals surface area (Å²) in [6.07, 6.45) is 0.619. The Morgan fingerprint density at radius 3 is 2.18 bits per heavy atom. The number of carboxylic acids is 1. The van der Waals surface area contributed by atoms with Crippen LogP contribution in [-0.2, 0) is 11.0 Å². The summed E-state index contributed by atoms with van der Waals surface area (Å²) in [6, 6.07) is 18.1. The highest BCUT2D eigenvalue weighted by Crippen LogP contribution is 2.38. The molecule has 0 aliphatic heterocycles. The quantitative estimate of drug-likeness (QED) is 0.218. The molecule has 8 heteroatoms. The smallest absolute Gasteiger partial charge is 0.416 e. The van der Waals surface area contributed by atoms with Gasteiger partial charge in [-0.3, -0.25) is 9.59 Å². The molecule has 0 unspecified atom stereocenters. The van der Waals surface area contributed by atoms with Crippen LogP contribution in [0, 0.1) is 0 Å². The van der Waals surface area contributed by atoms with Crippen LogP contribution < -0.4 is 10.1 Å². The standard InChI is InChI=1S/C31H34F3NO4/c1-3-4-5-6-7-26(21-8-10-23(11-9-21)30(38)35-19-18-29(36)37)24-14-17-28(39-2)27(20-24)22-12-15-25(16-13-22)31(32,33)34/h8-17,20,26H,3-7,18-19H2,1-2H3,(H,35,38)(H,36,37)/t26-/m1/s1. The van der Waals surface area contributed by atoms with Gasteiger partial charge >= 0.3 is 12.1 Å². The summed E-state index contributed by atoms with van der Waals surface area (Å²) < 4.78 is 44.8. The molecule has 39 heavy (non-hydrogen) atoms. The molecular formula is C31H34F3NO4. The maximum absolute atomic E-state index is 13.1. The third-order valence-corrected chi connectivity index (χ3v) is 6.70. The Bertz CT molecular complexity index is 1240. The molecule has 0 heterocycles. The van der Waals surface area contributed by atoms with Crippen LogP contribution in [0.2, 0.25) is 0 Å². The van der Waals surface area contributed by atoms with E-state index in [1.807, 2.05) is 30.3 Å². The van der Waals surface area contributed by atoms with Gasteiger partial charge in [-0.25, -0.2) is 0 Å². The Balaban J connectivity index is 1.92. The van der Waals surface area contributed by atoms with Gasteiger partial charge in [-0.1, -0.05) is 62.9 Å². The second kappa shape index (κ2) is 13.8. The van der Waals surface area contributed by atoms with Gasteiger partial charge in [0.1, 0.15) is 5.75 Å².